The lowest BCUT2D eigenvalue weighted by molar-refractivity contribution is -0.274. The Hall–Kier alpha value is -4.64. The topological polar surface area (TPSA) is 68.4 Å². The molecule has 3 aromatic carbocycles. The summed E-state index contributed by atoms with van der Waals surface area (Å²) in [6, 6.07) is 23.3. The van der Waals surface area contributed by atoms with E-state index in [1.165, 1.54) is 40.8 Å². The normalized spacial score (nSPS) is 14.9. The fourth-order valence-corrected chi connectivity index (χ4v) is 5.57. The minimum Gasteiger partial charge on any atom is -0.406 e. The fraction of sp³-hybridized carbons (Fsp3) is 0.161. The Morgan fingerprint density at radius 3 is 2.55 bits per heavy atom. The van der Waals surface area contributed by atoms with Crippen LogP contribution in [0.3, 0.4) is 0 Å². The molecule has 6 rings (SSSR count). The highest BCUT2D eigenvalue weighted by Gasteiger charge is 2.31. The van der Waals surface area contributed by atoms with E-state index in [2.05, 4.69) is 41.3 Å². The van der Waals surface area contributed by atoms with E-state index < -0.39 is 6.36 Å². The molecule has 0 bridgehead atoms. The molecule has 3 heterocycles. The van der Waals surface area contributed by atoms with E-state index in [-0.39, 0.29) is 5.75 Å². The van der Waals surface area contributed by atoms with E-state index in [4.69, 9.17) is 9.98 Å². The largest absolute Gasteiger partial charge is 0.573 e. The van der Waals surface area contributed by atoms with Gasteiger partial charge < -0.3 is 4.74 Å². The quantitative estimate of drug-likeness (QED) is 0.200. The number of pyridine rings is 1. The van der Waals surface area contributed by atoms with Crippen molar-refractivity contribution in [1.29, 1.82) is 0 Å². The van der Waals surface area contributed by atoms with E-state index in [0.29, 0.717) is 17.4 Å². The van der Waals surface area contributed by atoms with Gasteiger partial charge in [-0.25, -0.2) is 19.6 Å². The van der Waals surface area contributed by atoms with Crippen LogP contribution in [0.2, 0.25) is 0 Å². The van der Waals surface area contributed by atoms with Crippen LogP contribution in [0, 0.1) is 0 Å². The number of benzene rings is 3. The first-order valence-electron chi connectivity index (χ1n) is 13.1. The van der Waals surface area contributed by atoms with Crippen LogP contribution >= 0.6 is 11.8 Å². The number of hydrogen-bond donors (Lipinski definition) is 0. The highest BCUT2D eigenvalue weighted by atomic mass is 32.2. The van der Waals surface area contributed by atoms with E-state index in [1.54, 1.807) is 11.8 Å². The van der Waals surface area contributed by atoms with Gasteiger partial charge in [-0.3, -0.25) is 4.90 Å². The number of alkyl halides is 3. The molecule has 11 heteroatoms. The monoisotopic (exact) mass is 586 g/mol. The van der Waals surface area contributed by atoms with Crippen molar-refractivity contribution < 1.29 is 17.9 Å². The third kappa shape index (κ3) is 5.73. The van der Waals surface area contributed by atoms with Crippen LogP contribution in [0.1, 0.15) is 25.3 Å². The lowest BCUT2D eigenvalue weighted by atomic mass is 10.0. The van der Waals surface area contributed by atoms with Gasteiger partial charge in [-0.2, -0.15) is 0 Å². The summed E-state index contributed by atoms with van der Waals surface area (Å²) in [4.78, 5) is 16.3. The van der Waals surface area contributed by atoms with Gasteiger partial charge in [0, 0.05) is 22.4 Å². The van der Waals surface area contributed by atoms with Crippen LogP contribution in [0.5, 0.6) is 5.75 Å². The number of aromatic nitrogens is 4. The van der Waals surface area contributed by atoms with Crippen molar-refractivity contribution in [2.45, 2.75) is 26.1 Å². The molecule has 1 saturated heterocycles. The second kappa shape index (κ2) is 11.0. The number of amidine groups is 1. The highest BCUT2D eigenvalue weighted by Crippen LogP contribution is 2.36. The van der Waals surface area contributed by atoms with Crippen LogP contribution in [0.15, 0.2) is 102 Å². The standard InChI is InChI=1S/C31H25F3N6OS/c1-19(2)25-6-4-5-7-27(25)37-30-40(20(3)17-42-30)28-15-9-21-16-22(8-14-26(21)36-28)29-35-18-39(38-29)23-10-12-24(13-11-23)41-31(32,33)34/h4-16,18-19H,3,17H2,1-2H3. The Bertz CT molecular complexity index is 1810. The smallest absolute Gasteiger partial charge is 0.406 e. The number of rotatable bonds is 6. The van der Waals surface area contributed by atoms with Gasteiger partial charge in [-0.15, -0.1) is 18.3 Å². The average molecular weight is 587 g/mol. The molecule has 0 radical (unpaired) electrons. The number of fused-ring (bicyclic) bond motifs is 1. The van der Waals surface area contributed by atoms with E-state index in [0.717, 1.165) is 44.6 Å². The number of aliphatic imine (C=N–C) groups is 1. The molecule has 212 valence electrons. The summed E-state index contributed by atoms with van der Waals surface area (Å²) >= 11 is 1.64. The highest BCUT2D eigenvalue weighted by molar-refractivity contribution is 8.14. The average Bonchev–Trinajstić information content (AvgIpc) is 3.59. The predicted molar refractivity (Wildman–Crippen MR) is 160 cm³/mol. The van der Waals surface area contributed by atoms with Gasteiger partial charge in [0.25, 0.3) is 0 Å². The summed E-state index contributed by atoms with van der Waals surface area (Å²) in [6.07, 6.45) is -3.24. The molecule has 0 saturated carbocycles. The number of thioether (sulfide) groups is 1. The van der Waals surface area contributed by atoms with E-state index in [9.17, 15) is 13.2 Å². The zero-order valence-electron chi connectivity index (χ0n) is 22.7. The first-order chi connectivity index (χ1) is 20.1. The van der Waals surface area contributed by atoms with Gasteiger partial charge >= 0.3 is 6.36 Å². The Balaban J connectivity index is 1.25. The maximum Gasteiger partial charge on any atom is 0.573 e. The zero-order valence-corrected chi connectivity index (χ0v) is 23.5. The third-order valence-corrected chi connectivity index (χ3v) is 7.65. The maximum atomic E-state index is 12.5. The van der Waals surface area contributed by atoms with Gasteiger partial charge in [0.15, 0.2) is 11.0 Å². The number of nitrogens with zero attached hydrogens (tertiary/aromatic N) is 6. The molecule has 7 nitrogen and oxygen atoms in total. The van der Waals surface area contributed by atoms with Gasteiger partial charge in [-0.05, 0) is 72.1 Å². The van der Waals surface area contributed by atoms with Crippen LogP contribution in [0.4, 0.5) is 24.7 Å². The number of halogens is 3. The van der Waals surface area contributed by atoms with Gasteiger partial charge in [0.1, 0.15) is 17.9 Å². The van der Waals surface area contributed by atoms with Crippen molar-refractivity contribution in [3.63, 3.8) is 0 Å². The van der Waals surface area contributed by atoms with Crippen molar-refractivity contribution in [3.8, 4) is 22.8 Å². The third-order valence-electron chi connectivity index (χ3n) is 6.64. The molecule has 0 aliphatic carbocycles. The van der Waals surface area contributed by atoms with E-state index in [1.807, 2.05) is 53.4 Å². The fourth-order valence-electron chi connectivity index (χ4n) is 4.63. The van der Waals surface area contributed by atoms with Gasteiger partial charge in [-0.1, -0.05) is 50.4 Å². The first kappa shape index (κ1) is 27.5. The number of para-hydroxylation sites is 1. The van der Waals surface area contributed by atoms with Crippen molar-refractivity contribution in [2.75, 3.05) is 10.7 Å². The molecule has 0 unspecified atom stereocenters. The molecule has 0 amide bonds. The molecule has 2 aromatic heterocycles. The predicted octanol–water partition coefficient (Wildman–Crippen LogP) is 8.26. The molecule has 0 spiro atoms. The molecular formula is C31H25F3N6OS. The molecule has 0 N–H and O–H groups in total. The lowest BCUT2D eigenvalue weighted by Gasteiger charge is -2.19. The lowest BCUT2D eigenvalue weighted by Crippen LogP contribution is -2.22. The number of ether oxygens (including phenoxy) is 1. The minimum absolute atomic E-state index is 0.303. The van der Waals surface area contributed by atoms with Crippen molar-refractivity contribution in [3.05, 3.63) is 103 Å². The van der Waals surface area contributed by atoms with Gasteiger partial charge in [0.2, 0.25) is 0 Å². The van der Waals surface area contributed by atoms with Crippen LogP contribution in [-0.4, -0.2) is 37.0 Å². The molecular weight excluding hydrogens is 561 g/mol. The second-order valence-corrected chi connectivity index (χ2v) is 10.9. The number of hydrogen-bond acceptors (Lipinski definition) is 6. The van der Waals surface area contributed by atoms with Crippen LogP contribution < -0.4 is 9.64 Å². The maximum absolute atomic E-state index is 12.5. The zero-order chi connectivity index (χ0) is 29.4. The van der Waals surface area contributed by atoms with Crippen molar-refractivity contribution in [2.24, 2.45) is 4.99 Å². The summed E-state index contributed by atoms with van der Waals surface area (Å²) in [6.45, 7) is 8.57. The molecule has 42 heavy (non-hydrogen) atoms. The molecule has 5 aromatic rings. The first-order valence-corrected chi connectivity index (χ1v) is 14.1. The van der Waals surface area contributed by atoms with Crippen LogP contribution in [0.25, 0.3) is 28.0 Å². The molecule has 1 aliphatic rings. The Labute approximate surface area is 244 Å². The summed E-state index contributed by atoms with van der Waals surface area (Å²) in [5.74, 6) is 1.99. The SMILES string of the molecule is C=C1CSC(=Nc2ccccc2C(C)C)N1c1ccc2cc(-c3ncn(-c4ccc(OC(F)(F)F)cc4)n3)ccc2n1. The molecule has 1 aliphatic heterocycles. The summed E-state index contributed by atoms with van der Waals surface area (Å²) in [5, 5.41) is 6.25. The molecule has 1 fully saturated rings. The van der Waals surface area contributed by atoms with Crippen LogP contribution in [-0.2, 0) is 0 Å². The Morgan fingerprint density at radius 1 is 1.00 bits per heavy atom. The minimum atomic E-state index is -4.75. The second-order valence-electron chi connectivity index (χ2n) is 9.93. The summed E-state index contributed by atoms with van der Waals surface area (Å²) in [7, 11) is 0. The molecule has 0 atom stereocenters. The number of anilines is 1. The summed E-state index contributed by atoms with van der Waals surface area (Å²) < 4.78 is 42.8. The Morgan fingerprint density at radius 2 is 1.79 bits per heavy atom. The van der Waals surface area contributed by atoms with Crippen molar-refractivity contribution >= 4 is 39.3 Å². The van der Waals surface area contributed by atoms with Crippen molar-refractivity contribution in [1.82, 2.24) is 19.7 Å². The van der Waals surface area contributed by atoms with E-state index >= 15 is 0 Å². The summed E-state index contributed by atoms with van der Waals surface area (Å²) in [5.41, 5.74) is 5.16. The van der Waals surface area contributed by atoms with Gasteiger partial charge in [0.05, 0.1) is 16.9 Å². The Kier molecular flexibility index (Phi) is 7.19.